The normalized spacial score (nSPS) is 19.1. The summed E-state index contributed by atoms with van der Waals surface area (Å²) in [4.78, 5) is 25.3. The molecule has 1 aliphatic rings. The molecule has 0 spiro atoms. The van der Waals surface area contributed by atoms with Crippen molar-refractivity contribution in [2.75, 3.05) is 12.3 Å². The van der Waals surface area contributed by atoms with E-state index in [1.165, 1.54) is 4.90 Å². The van der Waals surface area contributed by atoms with Crippen LogP contribution in [0.3, 0.4) is 0 Å². The summed E-state index contributed by atoms with van der Waals surface area (Å²) in [5.41, 5.74) is 0. The first-order valence-corrected chi connectivity index (χ1v) is 9.26. The van der Waals surface area contributed by atoms with Gasteiger partial charge in [0.05, 0.1) is 10.8 Å². The summed E-state index contributed by atoms with van der Waals surface area (Å²) in [5, 5.41) is 9.07. The molecule has 2 unspecified atom stereocenters. The molecule has 1 N–H and O–H groups in total. The standard InChI is InChI=1S/C15H18BrNO4S/c16-11-5-7-12(8-6-11)22(21)10-2-4-14(18)17-9-1-3-13(17)15(19)20/h5-8,13H,1-4,9-10H2,(H,19,20). The third-order valence-electron chi connectivity index (χ3n) is 3.66. The van der Waals surface area contributed by atoms with Gasteiger partial charge in [-0.2, -0.15) is 0 Å². The van der Waals surface area contributed by atoms with Crippen LogP contribution in [0.5, 0.6) is 0 Å². The fourth-order valence-corrected chi connectivity index (χ4v) is 3.87. The van der Waals surface area contributed by atoms with Crippen molar-refractivity contribution < 1.29 is 18.9 Å². The van der Waals surface area contributed by atoms with Gasteiger partial charge in [0, 0.05) is 28.1 Å². The third-order valence-corrected chi connectivity index (χ3v) is 5.64. The van der Waals surface area contributed by atoms with Gasteiger partial charge in [-0.05, 0) is 43.5 Å². The van der Waals surface area contributed by atoms with Gasteiger partial charge in [-0.15, -0.1) is 0 Å². The van der Waals surface area contributed by atoms with Gasteiger partial charge in [-0.3, -0.25) is 9.00 Å². The highest BCUT2D eigenvalue weighted by molar-refractivity contribution is 9.10. The number of likely N-dealkylation sites (tertiary alicyclic amines) is 1. The lowest BCUT2D eigenvalue weighted by Gasteiger charge is -2.21. The maximum absolute atomic E-state index is 12.1. The summed E-state index contributed by atoms with van der Waals surface area (Å²) < 4.78 is 13.0. The predicted molar refractivity (Wildman–Crippen MR) is 87.0 cm³/mol. The molecule has 0 aromatic heterocycles. The fourth-order valence-electron chi connectivity index (χ4n) is 2.52. The molecular formula is C15H18BrNO4S. The van der Waals surface area contributed by atoms with Crippen molar-refractivity contribution in [3.05, 3.63) is 28.7 Å². The predicted octanol–water partition coefficient (Wildman–Crippen LogP) is 2.41. The third kappa shape index (κ3) is 4.39. The Labute approximate surface area is 140 Å². The van der Waals surface area contributed by atoms with E-state index in [1.807, 2.05) is 12.1 Å². The smallest absolute Gasteiger partial charge is 0.326 e. The molecule has 2 rings (SSSR count). The number of hydrogen-bond donors (Lipinski definition) is 1. The number of carbonyl (C=O) groups is 2. The van der Waals surface area contributed by atoms with Crippen LogP contribution in [0, 0.1) is 0 Å². The Balaban J connectivity index is 1.80. The molecule has 1 aromatic carbocycles. The second kappa shape index (κ2) is 7.87. The number of carboxylic acids is 1. The molecular weight excluding hydrogens is 370 g/mol. The Hall–Kier alpha value is -1.21. The average Bonchev–Trinajstić information content (AvgIpc) is 2.97. The van der Waals surface area contributed by atoms with Crippen molar-refractivity contribution in [3.8, 4) is 0 Å². The van der Waals surface area contributed by atoms with Crippen molar-refractivity contribution >= 4 is 38.6 Å². The monoisotopic (exact) mass is 387 g/mol. The molecule has 120 valence electrons. The highest BCUT2D eigenvalue weighted by Gasteiger charge is 2.33. The molecule has 1 fully saturated rings. The van der Waals surface area contributed by atoms with Gasteiger partial charge >= 0.3 is 5.97 Å². The first-order chi connectivity index (χ1) is 10.5. The van der Waals surface area contributed by atoms with E-state index < -0.39 is 22.8 Å². The number of halogens is 1. The van der Waals surface area contributed by atoms with E-state index in [4.69, 9.17) is 5.11 Å². The van der Waals surface area contributed by atoms with Crippen LogP contribution in [0.1, 0.15) is 25.7 Å². The van der Waals surface area contributed by atoms with Gasteiger partial charge in [0.2, 0.25) is 5.91 Å². The minimum Gasteiger partial charge on any atom is -0.480 e. The minimum atomic E-state index is -1.14. The molecule has 1 heterocycles. The number of rotatable bonds is 6. The summed E-state index contributed by atoms with van der Waals surface area (Å²) in [6, 6.07) is 6.57. The number of hydrogen-bond acceptors (Lipinski definition) is 3. The van der Waals surface area contributed by atoms with E-state index in [0.29, 0.717) is 25.1 Å². The summed E-state index contributed by atoms with van der Waals surface area (Å²) in [6.07, 6.45) is 1.98. The molecule has 2 atom stereocenters. The van der Waals surface area contributed by atoms with E-state index in [1.54, 1.807) is 12.1 Å². The first kappa shape index (κ1) is 17.1. The van der Waals surface area contributed by atoms with Crippen LogP contribution in [0.4, 0.5) is 0 Å². The zero-order valence-electron chi connectivity index (χ0n) is 12.0. The van der Waals surface area contributed by atoms with Crippen LogP contribution < -0.4 is 0 Å². The van der Waals surface area contributed by atoms with E-state index in [-0.39, 0.29) is 12.3 Å². The lowest BCUT2D eigenvalue weighted by Crippen LogP contribution is -2.40. The van der Waals surface area contributed by atoms with Crippen LogP contribution >= 0.6 is 15.9 Å². The van der Waals surface area contributed by atoms with E-state index in [0.717, 1.165) is 15.8 Å². The maximum atomic E-state index is 12.1. The molecule has 1 amide bonds. The minimum absolute atomic E-state index is 0.155. The Morgan fingerprint density at radius 2 is 2.00 bits per heavy atom. The zero-order chi connectivity index (χ0) is 16.1. The Kier molecular flexibility index (Phi) is 6.14. The van der Waals surface area contributed by atoms with Crippen LogP contribution in [-0.4, -0.2) is 44.4 Å². The van der Waals surface area contributed by atoms with E-state index in [9.17, 15) is 13.8 Å². The molecule has 5 nitrogen and oxygen atoms in total. The fraction of sp³-hybridized carbons (Fsp3) is 0.467. The Bertz CT molecular complexity index is 575. The maximum Gasteiger partial charge on any atom is 0.326 e. The van der Waals surface area contributed by atoms with Gasteiger partial charge in [0.25, 0.3) is 0 Å². The van der Waals surface area contributed by atoms with Crippen molar-refractivity contribution in [2.45, 2.75) is 36.6 Å². The van der Waals surface area contributed by atoms with Gasteiger partial charge in [0.1, 0.15) is 6.04 Å². The lowest BCUT2D eigenvalue weighted by atomic mass is 10.2. The van der Waals surface area contributed by atoms with Crippen LogP contribution in [0.15, 0.2) is 33.6 Å². The molecule has 0 saturated carbocycles. The second-order valence-corrected chi connectivity index (χ2v) is 7.68. The Morgan fingerprint density at radius 3 is 2.64 bits per heavy atom. The Morgan fingerprint density at radius 1 is 1.32 bits per heavy atom. The molecule has 0 radical (unpaired) electrons. The average molecular weight is 388 g/mol. The SMILES string of the molecule is O=C(O)C1CCCN1C(=O)CCCS(=O)c1ccc(Br)cc1. The molecule has 0 aliphatic carbocycles. The number of nitrogens with zero attached hydrogens (tertiary/aromatic N) is 1. The van der Waals surface area contributed by atoms with Crippen LogP contribution in [0.2, 0.25) is 0 Å². The number of benzene rings is 1. The molecule has 1 aromatic rings. The summed E-state index contributed by atoms with van der Waals surface area (Å²) in [5.74, 6) is -0.694. The van der Waals surface area contributed by atoms with E-state index >= 15 is 0 Å². The van der Waals surface area contributed by atoms with Crippen LogP contribution in [-0.2, 0) is 20.4 Å². The number of amides is 1. The topological polar surface area (TPSA) is 74.7 Å². The first-order valence-electron chi connectivity index (χ1n) is 7.15. The summed E-state index contributed by atoms with van der Waals surface area (Å²) in [7, 11) is -1.14. The van der Waals surface area contributed by atoms with Gasteiger partial charge in [0.15, 0.2) is 0 Å². The highest BCUT2D eigenvalue weighted by atomic mass is 79.9. The molecule has 1 saturated heterocycles. The van der Waals surface area contributed by atoms with Gasteiger partial charge in [-0.1, -0.05) is 15.9 Å². The largest absolute Gasteiger partial charge is 0.480 e. The summed E-state index contributed by atoms with van der Waals surface area (Å²) >= 11 is 3.32. The molecule has 1 aliphatic heterocycles. The van der Waals surface area contributed by atoms with E-state index in [2.05, 4.69) is 15.9 Å². The van der Waals surface area contributed by atoms with Gasteiger partial charge in [-0.25, -0.2) is 4.79 Å². The molecule has 22 heavy (non-hydrogen) atoms. The molecule has 7 heteroatoms. The lowest BCUT2D eigenvalue weighted by molar-refractivity contribution is -0.148. The highest BCUT2D eigenvalue weighted by Crippen LogP contribution is 2.19. The van der Waals surface area contributed by atoms with Crippen molar-refractivity contribution in [2.24, 2.45) is 0 Å². The van der Waals surface area contributed by atoms with Crippen molar-refractivity contribution in [1.82, 2.24) is 4.90 Å². The zero-order valence-corrected chi connectivity index (χ0v) is 14.4. The number of aliphatic carboxylic acids is 1. The second-order valence-electron chi connectivity index (χ2n) is 5.19. The number of carbonyl (C=O) groups excluding carboxylic acids is 1. The number of carboxylic acid groups (broad SMARTS) is 1. The molecule has 0 bridgehead atoms. The quantitative estimate of drug-likeness (QED) is 0.812. The van der Waals surface area contributed by atoms with Crippen molar-refractivity contribution in [3.63, 3.8) is 0 Å². The summed E-state index contributed by atoms with van der Waals surface area (Å²) in [6.45, 7) is 0.506. The van der Waals surface area contributed by atoms with Crippen molar-refractivity contribution in [1.29, 1.82) is 0 Å². The van der Waals surface area contributed by atoms with Gasteiger partial charge < -0.3 is 10.0 Å². The van der Waals surface area contributed by atoms with Crippen LogP contribution in [0.25, 0.3) is 0 Å².